The number of carbonyl (C=O) groups excluding carboxylic acids is 1. The van der Waals surface area contributed by atoms with E-state index in [-0.39, 0.29) is 5.78 Å². The van der Waals surface area contributed by atoms with Gasteiger partial charge in [-0.2, -0.15) is 0 Å². The van der Waals surface area contributed by atoms with Crippen molar-refractivity contribution in [3.05, 3.63) is 86.7 Å². The molecule has 3 N–H and O–H groups in total. The van der Waals surface area contributed by atoms with E-state index < -0.39 is 0 Å². The smallest absolute Gasteiger partial charge is 0.173 e. The summed E-state index contributed by atoms with van der Waals surface area (Å²) in [5.41, 5.74) is 9.41. The van der Waals surface area contributed by atoms with E-state index in [1.807, 2.05) is 32.3 Å². The fourth-order valence-corrected chi connectivity index (χ4v) is 5.03. The van der Waals surface area contributed by atoms with Gasteiger partial charge in [0.05, 0.1) is 9.90 Å². The number of nitrogens with one attached hydrogen (secondary N) is 1. The van der Waals surface area contributed by atoms with E-state index >= 15 is 0 Å². The third kappa shape index (κ3) is 5.71. The predicted octanol–water partition coefficient (Wildman–Crippen LogP) is 5.70. The van der Waals surface area contributed by atoms with Crippen LogP contribution < -0.4 is 16.0 Å². The van der Waals surface area contributed by atoms with Crippen LogP contribution in [-0.2, 0) is 19.5 Å². The summed E-state index contributed by atoms with van der Waals surface area (Å²) in [5.74, 6) is 0.636. The van der Waals surface area contributed by atoms with Crippen LogP contribution in [0.2, 0.25) is 5.02 Å². The fourth-order valence-electron chi connectivity index (χ4n) is 3.68. The number of halogens is 1. The van der Waals surface area contributed by atoms with Gasteiger partial charge in [0, 0.05) is 55.8 Å². The van der Waals surface area contributed by atoms with E-state index in [1.165, 1.54) is 22.6 Å². The second-order valence-electron chi connectivity index (χ2n) is 8.22. The number of pyridine rings is 1. The van der Waals surface area contributed by atoms with Gasteiger partial charge in [0.15, 0.2) is 5.78 Å². The molecule has 0 saturated heterocycles. The number of aryl methyl sites for hydroxylation is 1. The first-order chi connectivity index (χ1) is 15.9. The number of anilines is 2. The molecule has 170 valence electrons. The van der Waals surface area contributed by atoms with Gasteiger partial charge in [-0.1, -0.05) is 41.9 Å². The Hall–Kier alpha value is -2.93. The van der Waals surface area contributed by atoms with Crippen molar-refractivity contribution in [3.8, 4) is 0 Å². The molecule has 0 bridgehead atoms. The number of aromatic nitrogens is 1. The maximum Gasteiger partial charge on any atom is 0.173 e. The number of fused-ring (bicyclic) bond motifs is 1. The lowest BCUT2D eigenvalue weighted by molar-refractivity contribution is 0.0986. The second-order valence-corrected chi connectivity index (χ2v) is 9.76. The molecular weight excluding hydrogens is 452 g/mol. The molecule has 4 rings (SSSR count). The minimum atomic E-state index is 0.113. The summed E-state index contributed by atoms with van der Waals surface area (Å²) < 4.78 is 0. The van der Waals surface area contributed by atoms with Crippen LogP contribution in [0.3, 0.4) is 0 Å². The first kappa shape index (κ1) is 23.2. The van der Waals surface area contributed by atoms with Crippen molar-refractivity contribution >= 4 is 51.0 Å². The average molecular weight is 479 g/mol. The number of nitrogens with zero attached hydrogens (tertiary/aromatic N) is 2. The highest BCUT2D eigenvalue weighted by Gasteiger charge is 2.14. The van der Waals surface area contributed by atoms with Crippen molar-refractivity contribution in [1.82, 2.24) is 10.3 Å². The van der Waals surface area contributed by atoms with Gasteiger partial charge >= 0.3 is 0 Å². The van der Waals surface area contributed by atoms with E-state index in [9.17, 15) is 4.79 Å². The topological polar surface area (TPSA) is 71.2 Å². The molecule has 4 aromatic rings. The SMILES string of the molecule is CN(C)c1ccc(CNCc2sc(C(=O)CCc3ccc4c(N)nccc4c3)cc2Cl)cc1. The van der Waals surface area contributed by atoms with Crippen LogP contribution in [0.25, 0.3) is 10.8 Å². The number of thiophene rings is 1. The number of nitrogen functional groups attached to an aromatic ring is 1. The van der Waals surface area contributed by atoms with Crippen LogP contribution in [0.15, 0.2) is 60.8 Å². The van der Waals surface area contributed by atoms with Crippen molar-refractivity contribution in [3.63, 3.8) is 0 Å². The highest BCUT2D eigenvalue weighted by Crippen LogP contribution is 2.29. The number of Topliss-reactive ketones (excluding diaryl/α,β-unsaturated/α-hetero) is 1. The largest absolute Gasteiger partial charge is 0.383 e. The molecule has 0 radical (unpaired) electrons. The molecule has 33 heavy (non-hydrogen) atoms. The van der Waals surface area contributed by atoms with Crippen LogP contribution in [-0.4, -0.2) is 24.9 Å². The third-order valence-electron chi connectivity index (χ3n) is 5.60. The zero-order chi connectivity index (χ0) is 23.4. The predicted molar refractivity (Wildman–Crippen MR) is 139 cm³/mol. The summed E-state index contributed by atoms with van der Waals surface area (Å²) in [6.07, 6.45) is 2.81. The summed E-state index contributed by atoms with van der Waals surface area (Å²) in [6, 6.07) is 18.2. The Balaban J connectivity index is 1.32. The van der Waals surface area contributed by atoms with E-state index in [1.54, 1.807) is 12.3 Å². The number of nitrogens with two attached hydrogens (primary N) is 1. The van der Waals surface area contributed by atoms with E-state index in [4.69, 9.17) is 17.3 Å². The number of carbonyl (C=O) groups is 1. The minimum Gasteiger partial charge on any atom is -0.383 e. The standard InChI is InChI=1S/C26H27ClN4OS/c1-31(2)20-7-3-18(4-8-20)15-29-16-25-22(27)14-24(33-25)23(32)10-6-17-5-9-21-19(13-17)11-12-30-26(21)28/h3-5,7-9,11-14,29H,6,10,15-16H2,1-2H3,(H2,28,30). The Kier molecular flexibility index (Phi) is 7.28. The molecule has 0 unspecified atom stereocenters. The normalized spacial score (nSPS) is 11.1. The Morgan fingerprint density at radius 3 is 2.58 bits per heavy atom. The van der Waals surface area contributed by atoms with Gasteiger partial charge in [0.25, 0.3) is 0 Å². The molecule has 5 nitrogen and oxygen atoms in total. The molecule has 7 heteroatoms. The molecular formula is C26H27ClN4OS. The minimum absolute atomic E-state index is 0.113. The van der Waals surface area contributed by atoms with Crippen molar-refractivity contribution in [2.75, 3.05) is 24.7 Å². The molecule has 0 amide bonds. The first-order valence-electron chi connectivity index (χ1n) is 10.8. The molecule has 2 heterocycles. The monoisotopic (exact) mass is 478 g/mol. The molecule has 2 aromatic carbocycles. The molecule has 0 saturated carbocycles. The summed E-state index contributed by atoms with van der Waals surface area (Å²) in [6.45, 7) is 1.37. The zero-order valence-corrected chi connectivity index (χ0v) is 20.3. The number of hydrogen-bond acceptors (Lipinski definition) is 6. The molecule has 0 fully saturated rings. The van der Waals surface area contributed by atoms with Crippen LogP contribution in [0.4, 0.5) is 11.5 Å². The second kappa shape index (κ2) is 10.3. The summed E-state index contributed by atoms with van der Waals surface area (Å²) in [4.78, 5) is 20.7. The fraction of sp³-hybridized carbons (Fsp3) is 0.231. The van der Waals surface area contributed by atoms with Gasteiger partial charge in [0.2, 0.25) is 0 Å². The lowest BCUT2D eigenvalue weighted by Crippen LogP contribution is -2.12. The van der Waals surface area contributed by atoms with Gasteiger partial charge in [-0.15, -0.1) is 11.3 Å². The zero-order valence-electron chi connectivity index (χ0n) is 18.8. The van der Waals surface area contributed by atoms with Gasteiger partial charge in [-0.05, 0) is 47.2 Å². The summed E-state index contributed by atoms with van der Waals surface area (Å²) >= 11 is 7.89. The van der Waals surface area contributed by atoms with Gasteiger partial charge in [0.1, 0.15) is 5.82 Å². The molecule has 2 aromatic heterocycles. The molecule has 0 atom stereocenters. The van der Waals surface area contributed by atoms with E-state index in [2.05, 4.69) is 45.5 Å². The Morgan fingerprint density at radius 2 is 1.82 bits per heavy atom. The maximum absolute atomic E-state index is 12.8. The van der Waals surface area contributed by atoms with Crippen molar-refractivity contribution in [2.45, 2.75) is 25.9 Å². The highest BCUT2D eigenvalue weighted by atomic mass is 35.5. The van der Waals surface area contributed by atoms with Crippen LogP contribution >= 0.6 is 22.9 Å². The number of ketones is 1. The first-order valence-corrected chi connectivity index (χ1v) is 12.0. The lowest BCUT2D eigenvalue weighted by atomic mass is 10.0. The third-order valence-corrected chi connectivity index (χ3v) is 7.23. The molecule has 0 aliphatic heterocycles. The van der Waals surface area contributed by atoms with Crippen LogP contribution in [0.1, 0.15) is 32.1 Å². The molecule has 0 aliphatic carbocycles. The van der Waals surface area contributed by atoms with Crippen molar-refractivity contribution < 1.29 is 4.79 Å². The number of rotatable bonds is 9. The average Bonchev–Trinajstić information content (AvgIpc) is 3.18. The van der Waals surface area contributed by atoms with E-state index in [0.29, 0.717) is 35.1 Å². The summed E-state index contributed by atoms with van der Waals surface area (Å²) in [5, 5.41) is 6.04. The van der Waals surface area contributed by atoms with Crippen LogP contribution in [0.5, 0.6) is 0 Å². The number of hydrogen-bond donors (Lipinski definition) is 2. The highest BCUT2D eigenvalue weighted by molar-refractivity contribution is 7.14. The van der Waals surface area contributed by atoms with E-state index in [0.717, 1.165) is 27.8 Å². The van der Waals surface area contributed by atoms with Crippen molar-refractivity contribution in [1.29, 1.82) is 0 Å². The Morgan fingerprint density at radius 1 is 1.06 bits per heavy atom. The van der Waals surface area contributed by atoms with Crippen molar-refractivity contribution in [2.24, 2.45) is 0 Å². The maximum atomic E-state index is 12.8. The quantitative estimate of drug-likeness (QED) is 0.302. The van der Waals surface area contributed by atoms with Crippen LogP contribution in [0, 0.1) is 0 Å². The molecule has 0 spiro atoms. The van der Waals surface area contributed by atoms with Gasteiger partial charge in [-0.3, -0.25) is 4.79 Å². The van der Waals surface area contributed by atoms with Gasteiger partial charge < -0.3 is 16.0 Å². The Bertz CT molecular complexity index is 1270. The van der Waals surface area contributed by atoms with Gasteiger partial charge in [-0.25, -0.2) is 4.98 Å². The summed E-state index contributed by atoms with van der Waals surface area (Å²) in [7, 11) is 4.06. The molecule has 0 aliphatic rings. The lowest BCUT2D eigenvalue weighted by Gasteiger charge is -2.12. The Labute approximate surface area is 203 Å². The number of benzene rings is 2.